The van der Waals surface area contributed by atoms with Gasteiger partial charge in [-0.1, -0.05) is 12.1 Å². The van der Waals surface area contributed by atoms with Crippen LogP contribution in [0.15, 0.2) is 39.4 Å². The first-order valence-corrected chi connectivity index (χ1v) is 8.99. The van der Waals surface area contributed by atoms with Crippen LogP contribution in [0.3, 0.4) is 0 Å². The molecule has 0 spiro atoms. The first-order chi connectivity index (χ1) is 12.3. The molecule has 2 rings (SSSR count). The maximum absolute atomic E-state index is 12.6. The molecule has 0 aliphatic carbocycles. The van der Waals surface area contributed by atoms with Gasteiger partial charge in [-0.25, -0.2) is 0 Å². The van der Waals surface area contributed by atoms with Gasteiger partial charge in [-0.3, -0.25) is 9.59 Å². The molecule has 2 aromatic rings. The van der Waals surface area contributed by atoms with Gasteiger partial charge in [-0.2, -0.15) is 0 Å². The molecule has 140 valence electrons. The van der Waals surface area contributed by atoms with Crippen LogP contribution >= 0.6 is 15.9 Å². The number of carbonyl (C=O) groups is 2. The molecule has 1 atom stereocenters. The van der Waals surface area contributed by atoms with Crippen molar-refractivity contribution < 1.29 is 23.5 Å². The Balaban J connectivity index is 2.22. The number of amides is 1. The van der Waals surface area contributed by atoms with E-state index in [-0.39, 0.29) is 18.3 Å². The van der Waals surface area contributed by atoms with Crippen LogP contribution in [0, 0.1) is 6.92 Å². The lowest BCUT2D eigenvalue weighted by Crippen LogP contribution is -2.31. The summed E-state index contributed by atoms with van der Waals surface area (Å²) < 4.78 is 16.2. The van der Waals surface area contributed by atoms with Gasteiger partial charge < -0.3 is 19.2 Å². The summed E-state index contributed by atoms with van der Waals surface area (Å²) in [6.07, 6.45) is -0.213. The molecule has 1 amide bonds. The van der Waals surface area contributed by atoms with Crippen LogP contribution in [0.1, 0.15) is 48.0 Å². The summed E-state index contributed by atoms with van der Waals surface area (Å²) in [6, 6.07) is 8.32. The molecular formula is C19H22BrNO5. The fourth-order valence-corrected chi connectivity index (χ4v) is 2.96. The number of rotatable bonds is 7. The molecule has 0 radical (unpaired) electrons. The van der Waals surface area contributed by atoms with Gasteiger partial charge in [0.15, 0.2) is 10.4 Å². The van der Waals surface area contributed by atoms with Crippen LogP contribution in [0.5, 0.6) is 5.75 Å². The zero-order chi connectivity index (χ0) is 19.3. The Morgan fingerprint density at radius 3 is 2.38 bits per heavy atom. The molecule has 6 nitrogen and oxygen atoms in total. The smallest absolute Gasteiger partial charge is 0.308 e. The lowest BCUT2D eigenvalue weighted by Gasteiger charge is -2.19. The third kappa shape index (κ3) is 5.36. The topological polar surface area (TPSA) is 77.8 Å². The van der Waals surface area contributed by atoms with E-state index in [1.165, 1.54) is 0 Å². The molecule has 0 fully saturated rings. The predicted molar refractivity (Wildman–Crippen MR) is 100 cm³/mol. The van der Waals surface area contributed by atoms with E-state index in [2.05, 4.69) is 21.2 Å². The first-order valence-electron chi connectivity index (χ1n) is 8.20. The second-order valence-corrected chi connectivity index (χ2v) is 6.89. The van der Waals surface area contributed by atoms with Gasteiger partial charge in [0, 0.05) is 5.56 Å². The summed E-state index contributed by atoms with van der Waals surface area (Å²) in [4.78, 5) is 24.7. The van der Waals surface area contributed by atoms with Crippen molar-refractivity contribution >= 4 is 27.8 Å². The average molecular weight is 424 g/mol. The zero-order valence-electron chi connectivity index (χ0n) is 15.2. The van der Waals surface area contributed by atoms with E-state index in [4.69, 9.17) is 13.9 Å². The Kier molecular flexibility index (Phi) is 6.85. The standard InChI is InChI=1S/C19H22BrNO5/c1-11(2)25-17(22)10-15(13-5-7-14(24-4)8-6-13)21-19(23)18-12(3)9-16(20)26-18/h5-9,11,15H,10H2,1-4H3,(H,21,23)/t15-/m0/s1. The summed E-state index contributed by atoms with van der Waals surface area (Å²) in [5.41, 5.74) is 1.47. The highest BCUT2D eigenvalue weighted by atomic mass is 79.9. The zero-order valence-corrected chi connectivity index (χ0v) is 16.8. The molecule has 0 aliphatic heterocycles. The summed E-state index contributed by atoms with van der Waals surface area (Å²) in [6.45, 7) is 5.34. The number of aryl methyl sites for hydroxylation is 1. The van der Waals surface area contributed by atoms with Crippen LogP contribution < -0.4 is 10.1 Å². The van der Waals surface area contributed by atoms with E-state index >= 15 is 0 Å². The van der Waals surface area contributed by atoms with Crippen molar-refractivity contribution in [3.05, 3.63) is 51.9 Å². The number of nitrogens with one attached hydrogen (secondary N) is 1. The van der Waals surface area contributed by atoms with Crippen molar-refractivity contribution in [2.75, 3.05) is 7.11 Å². The number of benzene rings is 1. The van der Waals surface area contributed by atoms with Crippen molar-refractivity contribution in [2.24, 2.45) is 0 Å². The number of halogens is 1. The highest BCUT2D eigenvalue weighted by Crippen LogP contribution is 2.24. The molecule has 26 heavy (non-hydrogen) atoms. The second kappa shape index (κ2) is 8.89. The Morgan fingerprint density at radius 1 is 1.23 bits per heavy atom. The molecule has 1 heterocycles. The Morgan fingerprint density at radius 2 is 1.88 bits per heavy atom. The lowest BCUT2D eigenvalue weighted by atomic mass is 10.0. The number of ether oxygens (including phenoxy) is 2. The Hall–Kier alpha value is -2.28. The van der Waals surface area contributed by atoms with Gasteiger partial charge in [-0.15, -0.1) is 0 Å². The lowest BCUT2D eigenvalue weighted by molar-refractivity contribution is -0.147. The van der Waals surface area contributed by atoms with Gasteiger partial charge in [0.2, 0.25) is 0 Å². The summed E-state index contributed by atoms with van der Waals surface area (Å²) >= 11 is 3.21. The summed E-state index contributed by atoms with van der Waals surface area (Å²) in [5, 5.41) is 2.85. The van der Waals surface area contributed by atoms with E-state index in [1.54, 1.807) is 58.2 Å². The minimum atomic E-state index is -0.553. The van der Waals surface area contributed by atoms with Crippen molar-refractivity contribution in [3.63, 3.8) is 0 Å². The largest absolute Gasteiger partial charge is 0.497 e. The highest BCUT2D eigenvalue weighted by molar-refractivity contribution is 9.10. The van der Waals surface area contributed by atoms with E-state index in [0.29, 0.717) is 16.0 Å². The molecule has 1 aromatic carbocycles. The predicted octanol–water partition coefficient (Wildman–Crippen LogP) is 4.17. The van der Waals surface area contributed by atoms with E-state index in [9.17, 15) is 9.59 Å². The van der Waals surface area contributed by atoms with Gasteiger partial charge in [0.1, 0.15) is 5.75 Å². The third-order valence-corrected chi connectivity index (χ3v) is 4.05. The fraction of sp³-hybridized carbons (Fsp3) is 0.368. The summed E-state index contributed by atoms with van der Waals surface area (Å²) in [7, 11) is 1.58. The van der Waals surface area contributed by atoms with Gasteiger partial charge >= 0.3 is 5.97 Å². The molecule has 7 heteroatoms. The third-order valence-electron chi connectivity index (χ3n) is 3.66. The minimum Gasteiger partial charge on any atom is -0.497 e. The quantitative estimate of drug-likeness (QED) is 0.675. The SMILES string of the molecule is COc1ccc([C@H](CC(=O)OC(C)C)NC(=O)c2oc(Br)cc2C)cc1. The molecule has 0 unspecified atom stereocenters. The Labute approximate surface area is 161 Å². The van der Waals surface area contributed by atoms with E-state index < -0.39 is 17.9 Å². The van der Waals surface area contributed by atoms with Crippen molar-refractivity contribution in [1.82, 2.24) is 5.32 Å². The number of esters is 1. The number of methoxy groups -OCH3 is 1. The summed E-state index contributed by atoms with van der Waals surface area (Å²) in [5.74, 6) is 0.104. The molecule has 0 saturated carbocycles. The van der Waals surface area contributed by atoms with E-state index in [0.717, 1.165) is 5.56 Å². The van der Waals surface area contributed by atoms with Crippen LogP contribution in [0.25, 0.3) is 0 Å². The molecule has 0 aliphatic rings. The molecule has 1 N–H and O–H groups in total. The van der Waals surface area contributed by atoms with Crippen molar-refractivity contribution in [2.45, 2.75) is 39.3 Å². The molecular weight excluding hydrogens is 402 g/mol. The number of hydrogen-bond donors (Lipinski definition) is 1. The highest BCUT2D eigenvalue weighted by Gasteiger charge is 2.23. The maximum Gasteiger partial charge on any atom is 0.308 e. The second-order valence-electron chi connectivity index (χ2n) is 6.10. The van der Waals surface area contributed by atoms with Gasteiger partial charge in [-0.05, 0) is 60.5 Å². The van der Waals surface area contributed by atoms with E-state index in [1.807, 2.05) is 0 Å². The van der Waals surface area contributed by atoms with Gasteiger partial charge in [0.25, 0.3) is 5.91 Å². The number of hydrogen-bond acceptors (Lipinski definition) is 5. The molecule has 1 aromatic heterocycles. The first kappa shape index (κ1) is 20.0. The average Bonchev–Trinajstić information content (AvgIpc) is 2.92. The van der Waals surface area contributed by atoms with Crippen LogP contribution in [-0.2, 0) is 9.53 Å². The van der Waals surface area contributed by atoms with Crippen LogP contribution in [-0.4, -0.2) is 25.1 Å². The van der Waals surface area contributed by atoms with Crippen molar-refractivity contribution in [3.8, 4) is 5.75 Å². The van der Waals surface area contributed by atoms with Crippen LogP contribution in [0.2, 0.25) is 0 Å². The fourth-order valence-electron chi connectivity index (χ4n) is 2.46. The van der Waals surface area contributed by atoms with Crippen LogP contribution in [0.4, 0.5) is 0 Å². The monoisotopic (exact) mass is 423 g/mol. The number of furan rings is 1. The maximum atomic E-state index is 12.6. The normalized spacial score (nSPS) is 11.9. The van der Waals surface area contributed by atoms with Gasteiger partial charge in [0.05, 0.1) is 25.7 Å². The Bertz CT molecular complexity index is 767. The van der Waals surface area contributed by atoms with Crippen molar-refractivity contribution in [1.29, 1.82) is 0 Å². The number of carbonyl (C=O) groups excluding carboxylic acids is 2. The molecule has 0 bridgehead atoms. The molecule has 0 saturated heterocycles. The minimum absolute atomic E-state index is 0.0111.